The predicted octanol–water partition coefficient (Wildman–Crippen LogP) is 1.67. The van der Waals surface area contributed by atoms with Gasteiger partial charge in [0.25, 0.3) is 5.56 Å². The van der Waals surface area contributed by atoms with Crippen molar-refractivity contribution in [3.8, 4) is 17.3 Å². The van der Waals surface area contributed by atoms with Gasteiger partial charge in [-0.2, -0.15) is 0 Å². The molecule has 0 N–H and O–H groups in total. The van der Waals surface area contributed by atoms with Crippen LogP contribution in [0.5, 0.6) is 5.75 Å². The fourth-order valence-corrected chi connectivity index (χ4v) is 3.76. The summed E-state index contributed by atoms with van der Waals surface area (Å²) in [5.74, 6) is 1.06. The van der Waals surface area contributed by atoms with Crippen LogP contribution in [-0.4, -0.2) is 63.6 Å². The van der Waals surface area contributed by atoms with Gasteiger partial charge in [-0.05, 0) is 38.1 Å². The van der Waals surface area contributed by atoms with Gasteiger partial charge in [0, 0.05) is 55.5 Å². The van der Waals surface area contributed by atoms with E-state index < -0.39 is 0 Å². The van der Waals surface area contributed by atoms with E-state index in [2.05, 4.69) is 19.9 Å². The SMILES string of the molecule is COc1ccc(N2CCN(C(=O)Cn3c(-c4cnccn4)nc(C)c(C)c3=O)CC2)cc1. The summed E-state index contributed by atoms with van der Waals surface area (Å²) in [6.45, 7) is 6.02. The Bertz CT molecular complexity index is 1150. The molecule has 1 saturated heterocycles. The normalized spacial score (nSPS) is 13.8. The van der Waals surface area contributed by atoms with Gasteiger partial charge in [-0.1, -0.05) is 0 Å². The third kappa shape index (κ3) is 4.32. The lowest BCUT2D eigenvalue weighted by Crippen LogP contribution is -2.50. The molecule has 0 unspecified atom stereocenters. The molecule has 1 aromatic carbocycles. The standard InChI is InChI=1S/C23H26N6O3/c1-16-17(2)26-22(20-14-24-8-9-25-20)29(23(16)31)15-21(30)28-12-10-27(11-13-28)18-4-6-19(32-3)7-5-18/h4-9,14H,10-13,15H2,1-3H3. The van der Waals surface area contributed by atoms with Crippen molar-refractivity contribution >= 4 is 11.6 Å². The molecule has 9 nitrogen and oxygen atoms in total. The predicted molar refractivity (Wildman–Crippen MR) is 121 cm³/mol. The largest absolute Gasteiger partial charge is 0.497 e. The molecule has 0 spiro atoms. The molecule has 2 aromatic heterocycles. The van der Waals surface area contributed by atoms with E-state index >= 15 is 0 Å². The van der Waals surface area contributed by atoms with Crippen LogP contribution in [0.2, 0.25) is 0 Å². The number of piperazine rings is 1. The van der Waals surface area contributed by atoms with Crippen molar-refractivity contribution in [2.45, 2.75) is 20.4 Å². The minimum absolute atomic E-state index is 0.0819. The molecule has 3 heterocycles. The number of anilines is 1. The average molecular weight is 435 g/mol. The van der Waals surface area contributed by atoms with E-state index in [1.807, 2.05) is 24.3 Å². The highest BCUT2D eigenvalue weighted by Gasteiger charge is 2.24. The highest BCUT2D eigenvalue weighted by atomic mass is 16.5. The molecule has 1 amide bonds. The Morgan fingerprint density at radius 1 is 1.06 bits per heavy atom. The number of hydrogen-bond donors (Lipinski definition) is 0. The summed E-state index contributed by atoms with van der Waals surface area (Å²) in [6, 6.07) is 7.90. The zero-order valence-electron chi connectivity index (χ0n) is 18.5. The molecule has 1 aliphatic heterocycles. The molecule has 0 aliphatic carbocycles. The average Bonchev–Trinajstić information content (AvgIpc) is 2.85. The molecule has 1 fully saturated rings. The molecule has 1 aliphatic rings. The van der Waals surface area contributed by atoms with Crippen molar-refractivity contribution in [3.63, 3.8) is 0 Å². The van der Waals surface area contributed by atoms with E-state index in [-0.39, 0.29) is 18.0 Å². The first-order valence-electron chi connectivity index (χ1n) is 10.5. The number of carbonyl (C=O) groups is 1. The number of nitrogens with zero attached hydrogens (tertiary/aromatic N) is 6. The van der Waals surface area contributed by atoms with Gasteiger partial charge in [0.05, 0.1) is 13.3 Å². The number of amides is 1. The van der Waals surface area contributed by atoms with Gasteiger partial charge in [0.2, 0.25) is 5.91 Å². The molecule has 9 heteroatoms. The lowest BCUT2D eigenvalue weighted by Gasteiger charge is -2.36. The van der Waals surface area contributed by atoms with Gasteiger partial charge >= 0.3 is 0 Å². The molecule has 0 radical (unpaired) electrons. The first-order valence-corrected chi connectivity index (χ1v) is 10.5. The van der Waals surface area contributed by atoms with Crippen LogP contribution in [0.15, 0.2) is 47.7 Å². The van der Waals surface area contributed by atoms with E-state index in [0.29, 0.717) is 35.9 Å². The first-order chi connectivity index (χ1) is 15.5. The number of methoxy groups -OCH3 is 1. The second kappa shape index (κ2) is 9.17. The van der Waals surface area contributed by atoms with Crippen molar-refractivity contribution in [2.75, 3.05) is 38.2 Å². The van der Waals surface area contributed by atoms with Crippen LogP contribution in [0.3, 0.4) is 0 Å². The van der Waals surface area contributed by atoms with E-state index in [1.54, 1.807) is 44.4 Å². The summed E-state index contributed by atoms with van der Waals surface area (Å²) >= 11 is 0. The van der Waals surface area contributed by atoms with Gasteiger partial charge in [-0.15, -0.1) is 0 Å². The van der Waals surface area contributed by atoms with Gasteiger partial charge in [-0.3, -0.25) is 19.1 Å². The monoisotopic (exact) mass is 434 g/mol. The third-order valence-electron chi connectivity index (χ3n) is 5.79. The highest BCUT2D eigenvalue weighted by Crippen LogP contribution is 2.21. The fourth-order valence-electron chi connectivity index (χ4n) is 3.76. The van der Waals surface area contributed by atoms with Crippen LogP contribution >= 0.6 is 0 Å². The molecular formula is C23H26N6O3. The number of hydrogen-bond acceptors (Lipinski definition) is 7. The maximum atomic E-state index is 13.1. The van der Waals surface area contributed by atoms with Crippen LogP contribution < -0.4 is 15.2 Å². The van der Waals surface area contributed by atoms with Crippen molar-refractivity contribution in [2.24, 2.45) is 0 Å². The summed E-state index contributed by atoms with van der Waals surface area (Å²) in [4.78, 5) is 43.0. The summed E-state index contributed by atoms with van der Waals surface area (Å²) in [6.07, 6.45) is 4.65. The number of ether oxygens (including phenoxy) is 1. The fraction of sp³-hybridized carbons (Fsp3) is 0.348. The highest BCUT2D eigenvalue weighted by molar-refractivity contribution is 5.77. The van der Waals surface area contributed by atoms with Crippen molar-refractivity contribution in [1.82, 2.24) is 24.4 Å². The number of aromatic nitrogens is 4. The summed E-state index contributed by atoms with van der Waals surface area (Å²) < 4.78 is 6.62. The lowest BCUT2D eigenvalue weighted by molar-refractivity contribution is -0.132. The second-order valence-corrected chi connectivity index (χ2v) is 7.69. The van der Waals surface area contributed by atoms with Gasteiger partial charge in [-0.25, -0.2) is 9.97 Å². The van der Waals surface area contributed by atoms with Crippen molar-refractivity contribution < 1.29 is 9.53 Å². The number of benzene rings is 1. The minimum Gasteiger partial charge on any atom is -0.497 e. The summed E-state index contributed by atoms with van der Waals surface area (Å²) in [5, 5.41) is 0. The molecule has 3 aromatic rings. The van der Waals surface area contributed by atoms with E-state index in [1.165, 1.54) is 4.57 Å². The van der Waals surface area contributed by atoms with Gasteiger partial charge < -0.3 is 14.5 Å². The van der Waals surface area contributed by atoms with E-state index in [9.17, 15) is 9.59 Å². The molecule has 0 atom stereocenters. The van der Waals surface area contributed by atoms with E-state index in [4.69, 9.17) is 4.74 Å². The molecule has 32 heavy (non-hydrogen) atoms. The van der Waals surface area contributed by atoms with Crippen LogP contribution in [0, 0.1) is 13.8 Å². The van der Waals surface area contributed by atoms with Crippen molar-refractivity contribution in [1.29, 1.82) is 0 Å². The minimum atomic E-state index is -0.233. The smallest absolute Gasteiger partial charge is 0.257 e. The summed E-state index contributed by atoms with van der Waals surface area (Å²) in [7, 11) is 1.64. The molecule has 0 saturated carbocycles. The van der Waals surface area contributed by atoms with Crippen LogP contribution in [0.1, 0.15) is 11.3 Å². The molecule has 0 bridgehead atoms. The molecule has 166 valence electrons. The third-order valence-corrected chi connectivity index (χ3v) is 5.79. The summed E-state index contributed by atoms with van der Waals surface area (Å²) in [5.41, 5.74) is 2.47. The molecular weight excluding hydrogens is 408 g/mol. The maximum Gasteiger partial charge on any atom is 0.257 e. The van der Waals surface area contributed by atoms with Crippen molar-refractivity contribution in [3.05, 3.63) is 64.5 Å². The topological polar surface area (TPSA) is 93.4 Å². The second-order valence-electron chi connectivity index (χ2n) is 7.69. The first kappa shape index (κ1) is 21.5. The van der Waals surface area contributed by atoms with Crippen LogP contribution in [0.4, 0.5) is 5.69 Å². The Morgan fingerprint density at radius 3 is 2.41 bits per heavy atom. The Labute approximate surface area is 186 Å². The molecule has 4 rings (SSSR count). The number of carbonyl (C=O) groups excluding carboxylic acids is 1. The Hall–Kier alpha value is -3.75. The van der Waals surface area contributed by atoms with E-state index in [0.717, 1.165) is 24.5 Å². The zero-order valence-corrected chi connectivity index (χ0v) is 18.5. The maximum absolute atomic E-state index is 13.1. The van der Waals surface area contributed by atoms with Crippen LogP contribution in [-0.2, 0) is 11.3 Å². The zero-order chi connectivity index (χ0) is 22.7. The van der Waals surface area contributed by atoms with Gasteiger partial charge in [0.15, 0.2) is 5.82 Å². The quantitative estimate of drug-likeness (QED) is 0.603. The van der Waals surface area contributed by atoms with Crippen LogP contribution in [0.25, 0.3) is 11.5 Å². The Balaban J connectivity index is 1.50. The Morgan fingerprint density at radius 2 is 1.78 bits per heavy atom. The van der Waals surface area contributed by atoms with Gasteiger partial charge in [0.1, 0.15) is 18.0 Å². The number of aryl methyl sites for hydroxylation is 1. The number of rotatable bonds is 5. The Kier molecular flexibility index (Phi) is 6.16. The lowest BCUT2D eigenvalue weighted by atomic mass is 10.2.